The van der Waals surface area contributed by atoms with Crippen molar-refractivity contribution in [3.05, 3.63) is 17.7 Å². The maximum absolute atomic E-state index is 13.2. The molecule has 1 atom stereocenters. The molecule has 1 aliphatic heterocycles. The summed E-state index contributed by atoms with van der Waals surface area (Å²) in [5.41, 5.74) is 0.371. The van der Waals surface area contributed by atoms with E-state index in [0.717, 1.165) is 5.56 Å². The van der Waals surface area contributed by atoms with Crippen molar-refractivity contribution in [2.75, 3.05) is 47.5 Å². The Kier molecular flexibility index (Phi) is 9.85. The fourth-order valence-corrected chi connectivity index (χ4v) is 4.02. The maximum Gasteiger partial charge on any atom is 0.408 e. The third kappa shape index (κ3) is 7.68. The Labute approximate surface area is 203 Å². The Hall–Kier alpha value is -2.68. The standard InChI is InChI=1S/C25H41N3O6/c1-17(2)15-19(26-24(30)34-25(3,4)5)23(29)28-13-11-27(12-14-28)16-18-9-10-20(31-6)22(33-8)21(18)32-7/h9-10,17,19H,11-16H2,1-8H3,(H,26,30)/t19-/m0/s1. The van der Waals surface area contributed by atoms with E-state index in [1.807, 2.05) is 30.9 Å². The van der Waals surface area contributed by atoms with Crippen LogP contribution in [0.4, 0.5) is 4.79 Å². The summed E-state index contributed by atoms with van der Waals surface area (Å²) in [5, 5.41) is 2.78. The lowest BCUT2D eigenvalue weighted by atomic mass is 10.0. The number of rotatable bonds is 9. The van der Waals surface area contributed by atoms with Crippen LogP contribution >= 0.6 is 0 Å². The van der Waals surface area contributed by atoms with Crippen LogP contribution in [0, 0.1) is 5.92 Å². The summed E-state index contributed by atoms with van der Waals surface area (Å²) >= 11 is 0. The van der Waals surface area contributed by atoms with E-state index in [-0.39, 0.29) is 11.8 Å². The third-order valence-corrected chi connectivity index (χ3v) is 5.56. The molecule has 0 unspecified atom stereocenters. The molecule has 1 aromatic carbocycles. The first-order valence-electron chi connectivity index (χ1n) is 11.8. The number of nitrogens with zero attached hydrogens (tertiary/aromatic N) is 2. The van der Waals surface area contributed by atoms with Crippen LogP contribution in [-0.4, -0.2) is 81.0 Å². The van der Waals surface area contributed by atoms with Crippen molar-refractivity contribution >= 4 is 12.0 Å². The zero-order chi connectivity index (χ0) is 25.5. The normalized spacial score (nSPS) is 15.6. The average Bonchev–Trinajstić information content (AvgIpc) is 2.76. The third-order valence-electron chi connectivity index (χ3n) is 5.56. The largest absolute Gasteiger partial charge is 0.493 e. The number of alkyl carbamates (subject to hydrolysis) is 1. The first-order chi connectivity index (χ1) is 16.0. The number of hydrogen-bond acceptors (Lipinski definition) is 7. The van der Waals surface area contributed by atoms with Crippen molar-refractivity contribution in [3.63, 3.8) is 0 Å². The van der Waals surface area contributed by atoms with Crippen molar-refractivity contribution in [3.8, 4) is 17.2 Å². The van der Waals surface area contributed by atoms with E-state index in [9.17, 15) is 9.59 Å². The van der Waals surface area contributed by atoms with Crippen LogP contribution < -0.4 is 19.5 Å². The molecular formula is C25H41N3O6. The maximum atomic E-state index is 13.2. The van der Waals surface area contributed by atoms with Gasteiger partial charge in [-0.3, -0.25) is 9.69 Å². The van der Waals surface area contributed by atoms with Crippen molar-refractivity contribution in [2.24, 2.45) is 5.92 Å². The van der Waals surface area contributed by atoms with Gasteiger partial charge in [0.25, 0.3) is 0 Å². The summed E-state index contributed by atoms with van der Waals surface area (Å²) in [5.74, 6) is 2.03. The highest BCUT2D eigenvalue weighted by atomic mass is 16.6. The van der Waals surface area contributed by atoms with E-state index in [1.54, 1.807) is 42.1 Å². The van der Waals surface area contributed by atoms with Gasteiger partial charge in [-0.15, -0.1) is 0 Å². The van der Waals surface area contributed by atoms with Crippen LogP contribution in [-0.2, 0) is 16.1 Å². The number of nitrogens with one attached hydrogen (secondary N) is 1. The van der Waals surface area contributed by atoms with Crippen LogP contribution in [0.5, 0.6) is 17.2 Å². The van der Waals surface area contributed by atoms with E-state index < -0.39 is 17.7 Å². The molecule has 1 aliphatic rings. The van der Waals surface area contributed by atoms with E-state index in [0.29, 0.717) is 56.4 Å². The van der Waals surface area contributed by atoms with Gasteiger partial charge in [-0.25, -0.2) is 4.79 Å². The predicted molar refractivity (Wildman–Crippen MR) is 131 cm³/mol. The molecule has 192 valence electrons. The lowest BCUT2D eigenvalue weighted by Crippen LogP contribution is -2.55. The number of carbonyl (C=O) groups is 2. The van der Waals surface area contributed by atoms with Gasteiger partial charge in [0.15, 0.2) is 11.5 Å². The second kappa shape index (κ2) is 12.1. The van der Waals surface area contributed by atoms with Gasteiger partial charge in [0.1, 0.15) is 11.6 Å². The predicted octanol–water partition coefficient (Wildman–Crippen LogP) is 3.30. The Balaban J connectivity index is 2.02. The van der Waals surface area contributed by atoms with E-state index in [2.05, 4.69) is 10.2 Å². The number of carbonyl (C=O) groups excluding carboxylic acids is 2. The molecule has 34 heavy (non-hydrogen) atoms. The number of ether oxygens (including phenoxy) is 4. The molecule has 0 bridgehead atoms. The van der Waals surface area contributed by atoms with Crippen molar-refractivity contribution in [1.29, 1.82) is 0 Å². The number of hydrogen-bond donors (Lipinski definition) is 1. The Bertz CT molecular complexity index is 829. The quantitative estimate of drug-likeness (QED) is 0.581. The average molecular weight is 480 g/mol. The Morgan fingerprint density at radius 3 is 2.09 bits per heavy atom. The lowest BCUT2D eigenvalue weighted by Gasteiger charge is -2.37. The van der Waals surface area contributed by atoms with E-state index in [4.69, 9.17) is 18.9 Å². The van der Waals surface area contributed by atoms with Crippen LogP contribution in [0.25, 0.3) is 0 Å². The molecule has 0 radical (unpaired) electrons. The molecule has 0 aromatic heterocycles. The Morgan fingerprint density at radius 2 is 1.59 bits per heavy atom. The fraction of sp³-hybridized carbons (Fsp3) is 0.680. The van der Waals surface area contributed by atoms with Crippen LogP contribution in [0.3, 0.4) is 0 Å². The molecule has 0 spiro atoms. The number of methoxy groups -OCH3 is 3. The smallest absolute Gasteiger partial charge is 0.408 e. The molecule has 9 nitrogen and oxygen atoms in total. The van der Waals surface area contributed by atoms with Crippen LogP contribution in [0.15, 0.2) is 12.1 Å². The molecule has 0 aliphatic carbocycles. The topological polar surface area (TPSA) is 89.6 Å². The van der Waals surface area contributed by atoms with Gasteiger partial charge in [0.05, 0.1) is 21.3 Å². The molecule has 2 rings (SSSR count). The minimum atomic E-state index is -0.619. The molecule has 0 saturated carbocycles. The first kappa shape index (κ1) is 27.6. The fourth-order valence-electron chi connectivity index (χ4n) is 4.02. The van der Waals surface area contributed by atoms with Gasteiger partial charge in [-0.05, 0) is 39.2 Å². The summed E-state index contributed by atoms with van der Waals surface area (Å²) in [6.07, 6.45) is -0.00750. The summed E-state index contributed by atoms with van der Waals surface area (Å²) in [4.78, 5) is 29.6. The summed E-state index contributed by atoms with van der Waals surface area (Å²) in [6, 6.07) is 3.24. The van der Waals surface area contributed by atoms with Crippen molar-refractivity contribution in [1.82, 2.24) is 15.1 Å². The molecule has 9 heteroatoms. The molecule has 1 fully saturated rings. The van der Waals surface area contributed by atoms with Crippen molar-refractivity contribution in [2.45, 2.75) is 59.2 Å². The highest BCUT2D eigenvalue weighted by molar-refractivity contribution is 5.85. The second-order valence-electron chi connectivity index (χ2n) is 9.92. The minimum absolute atomic E-state index is 0.0668. The minimum Gasteiger partial charge on any atom is -0.493 e. The molecule has 1 heterocycles. The van der Waals surface area contributed by atoms with Crippen LogP contribution in [0.2, 0.25) is 0 Å². The summed E-state index contributed by atoms with van der Waals surface area (Å²) in [7, 11) is 4.80. The van der Waals surface area contributed by atoms with Gasteiger partial charge >= 0.3 is 6.09 Å². The monoisotopic (exact) mass is 479 g/mol. The second-order valence-corrected chi connectivity index (χ2v) is 9.92. The van der Waals surface area contributed by atoms with E-state index >= 15 is 0 Å². The SMILES string of the molecule is COc1ccc(CN2CCN(C(=O)[C@H](CC(C)C)NC(=O)OC(C)(C)C)CC2)c(OC)c1OC. The number of piperazine rings is 1. The lowest BCUT2D eigenvalue weighted by molar-refractivity contribution is -0.135. The van der Waals surface area contributed by atoms with Crippen LogP contribution in [0.1, 0.15) is 46.6 Å². The first-order valence-corrected chi connectivity index (χ1v) is 11.8. The van der Waals surface area contributed by atoms with Gasteiger partial charge in [0.2, 0.25) is 11.7 Å². The zero-order valence-electron chi connectivity index (χ0n) is 21.9. The zero-order valence-corrected chi connectivity index (χ0v) is 21.9. The molecule has 1 aromatic rings. The van der Waals surface area contributed by atoms with Gasteiger partial charge in [-0.1, -0.05) is 19.9 Å². The summed E-state index contributed by atoms with van der Waals surface area (Å²) in [6.45, 7) is 12.7. The van der Waals surface area contributed by atoms with Gasteiger partial charge in [0, 0.05) is 38.3 Å². The number of benzene rings is 1. The van der Waals surface area contributed by atoms with E-state index in [1.165, 1.54) is 0 Å². The molecule has 1 saturated heterocycles. The number of amides is 2. The molecular weight excluding hydrogens is 438 g/mol. The Morgan fingerprint density at radius 1 is 0.971 bits per heavy atom. The molecule has 2 amide bonds. The van der Waals surface area contributed by atoms with Crippen molar-refractivity contribution < 1.29 is 28.5 Å². The van der Waals surface area contributed by atoms with Gasteiger partial charge in [-0.2, -0.15) is 0 Å². The highest BCUT2D eigenvalue weighted by Crippen LogP contribution is 2.40. The summed E-state index contributed by atoms with van der Waals surface area (Å²) < 4.78 is 21.8. The molecule has 1 N–H and O–H groups in total. The highest BCUT2D eigenvalue weighted by Gasteiger charge is 2.31. The van der Waals surface area contributed by atoms with Gasteiger partial charge < -0.3 is 29.2 Å².